The smallest absolute Gasteiger partial charge is 0.255 e. The molecule has 0 N–H and O–H groups in total. The second-order valence-electron chi connectivity index (χ2n) is 9.54. The van der Waals surface area contributed by atoms with Crippen molar-refractivity contribution < 1.29 is 4.79 Å². The van der Waals surface area contributed by atoms with Gasteiger partial charge in [-0.3, -0.25) is 4.79 Å². The standard InChI is InChI=1S/C28H28N2O/c1-18-14-16-19(17-15-18)25-24(22-12-8-9-13-23(22)29(25)5)26-20-10-6-7-11-21(20)27(31)30(26)28(2,3)4/h6-17,26H,1-5H3. The third-order valence-electron chi connectivity index (χ3n) is 6.43. The third kappa shape index (κ3) is 2.91. The predicted molar refractivity (Wildman–Crippen MR) is 127 cm³/mol. The number of rotatable bonds is 2. The number of hydrogen-bond acceptors (Lipinski definition) is 1. The lowest BCUT2D eigenvalue weighted by Crippen LogP contribution is -2.44. The molecule has 0 bridgehead atoms. The number of carbonyl (C=O) groups excluding carboxylic acids is 1. The number of para-hydroxylation sites is 1. The lowest BCUT2D eigenvalue weighted by atomic mass is 9.91. The quantitative estimate of drug-likeness (QED) is 0.372. The van der Waals surface area contributed by atoms with E-state index in [2.05, 4.69) is 98.8 Å². The molecule has 1 aliphatic rings. The molecule has 4 aromatic rings. The molecule has 0 saturated carbocycles. The van der Waals surface area contributed by atoms with Crippen LogP contribution in [0.2, 0.25) is 0 Å². The number of aromatic nitrogens is 1. The average molecular weight is 409 g/mol. The Balaban J connectivity index is 1.89. The summed E-state index contributed by atoms with van der Waals surface area (Å²) in [6.07, 6.45) is 0. The zero-order chi connectivity index (χ0) is 21.9. The summed E-state index contributed by atoms with van der Waals surface area (Å²) in [6.45, 7) is 8.49. The fourth-order valence-corrected chi connectivity index (χ4v) is 5.05. The van der Waals surface area contributed by atoms with E-state index in [-0.39, 0.29) is 17.5 Å². The first-order valence-electron chi connectivity index (χ1n) is 10.9. The molecule has 5 rings (SSSR count). The minimum Gasteiger partial charge on any atom is -0.343 e. The summed E-state index contributed by atoms with van der Waals surface area (Å²) >= 11 is 0. The first kappa shape index (κ1) is 19.6. The van der Waals surface area contributed by atoms with E-state index in [4.69, 9.17) is 0 Å². The first-order chi connectivity index (χ1) is 14.8. The van der Waals surface area contributed by atoms with Crippen LogP contribution in [-0.4, -0.2) is 20.9 Å². The maximum atomic E-state index is 13.6. The van der Waals surface area contributed by atoms with Gasteiger partial charge in [0, 0.05) is 34.6 Å². The Kier molecular flexibility index (Phi) is 4.33. The molecule has 3 nitrogen and oxygen atoms in total. The van der Waals surface area contributed by atoms with Crippen molar-refractivity contribution in [3.05, 3.63) is 95.1 Å². The predicted octanol–water partition coefficient (Wildman–Crippen LogP) is 6.50. The highest BCUT2D eigenvalue weighted by Gasteiger charge is 2.45. The SMILES string of the molecule is Cc1ccc(-c2c(C3c4ccccc4C(=O)N3C(C)(C)C)c3ccccc3n2C)cc1. The Bertz CT molecular complexity index is 1310. The molecule has 1 atom stereocenters. The molecular formula is C28H28N2O. The third-order valence-corrected chi connectivity index (χ3v) is 6.43. The van der Waals surface area contributed by atoms with Gasteiger partial charge in [-0.1, -0.05) is 66.2 Å². The Hall–Kier alpha value is -3.33. The molecule has 1 unspecified atom stereocenters. The van der Waals surface area contributed by atoms with E-state index in [1.54, 1.807) is 0 Å². The van der Waals surface area contributed by atoms with E-state index < -0.39 is 0 Å². The zero-order valence-electron chi connectivity index (χ0n) is 18.8. The number of aryl methyl sites for hydroxylation is 2. The Morgan fingerprint density at radius 1 is 0.839 bits per heavy atom. The Labute approximate surface area is 183 Å². The molecule has 156 valence electrons. The van der Waals surface area contributed by atoms with E-state index >= 15 is 0 Å². The summed E-state index contributed by atoms with van der Waals surface area (Å²) in [7, 11) is 2.13. The summed E-state index contributed by atoms with van der Waals surface area (Å²) in [6, 6.07) is 25.2. The van der Waals surface area contributed by atoms with Crippen LogP contribution in [0.3, 0.4) is 0 Å². The number of hydrogen-bond donors (Lipinski definition) is 0. The molecule has 31 heavy (non-hydrogen) atoms. The summed E-state index contributed by atoms with van der Waals surface area (Å²) in [4.78, 5) is 15.6. The second kappa shape index (κ2) is 6.84. The van der Waals surface area contributed by atoms with Gasteiger partial charge in [0.05, 0.1) is 11.7 Å². The lowest BCUT2D eigenvalue weighted by Gasteiger charge is -2.38. The van der Waals surface area contributed by atoms with Gasteiger partial charge in [-0.25, -0.2) is 0 Å². The van der Waals surface area contributed by atoms with Gasteiger partial charge in [0.15, 0.2) is 0 Å². The van der Waals surface area contributed by atoms with Gasteiger partial charge in [-0.2, -0.15) is 0 Å². The first-order valence-corrected chi connectivity index (χ1v) is 10.9. The lowest BCUT2D eigenvalue weighted by molar-refractivity contribution is 0.0554. The van der Waals surface area contributed by atoms with Crippen LogP contribution < -0.4 is 0 Å². The monoisotopic (exact) mass is 408 g/mol. The van der Waals surface area contributed by atoms with Crippen molar-refractivity contribution in [2.24, 2.45) is 7.05 Å². The molecule has 0 radical (unpaired) electrons. The van der Waals surface area contributed by atoms with Gasteiger partial charge in [-0.15, -0.1) is 0 Å². The van der Waals surface area contributed by atoms with Crippen LogP contribution >= 0.6 is 0 Å². The van der Waals surface area contributed by atoms with Crippen molar-refractivity contribution in [2.45, 2.75) is 39.3 Å². The van der Waals surface area contributed by atoms with E-state index in [1.807, 2.05) is 18.2 Å². The van der Waals surface area contributed by atoms with Crippen molar-refractivity contribution in [1.29, 1.82) is 0 Å². The van der Waals surface area contributed by atoms with Crippen molar-refractivity contribution in [3.8, 4) is 11.3 Å². The molecule has 3 aromatic carbocycles. The molecule has 1 amide bonds. The molecule has 0 saturated heterocycles. The Morgan fingerprint density at radius 3 is 2.19 bits per heavy atom. The molecule has 0 fully saturated rings. The van der Waals surface area contributed by atoms with Crippen molar-refractivity contribution in [2.75, 3.05) is 0 Å². The van der Waals surface area contributed by atoms with Gasteiger partial charge in [0.2, 0.25) is 0 Å². The van der Waals surface area contributed by atoms with Crippen molar-refractivity contribution in [3.63, 3.8) is 0 Å². The second-order valence-corrected chi connectivity index (χ2v) is 9.54. The molecule has 0 aliphatic carbocycles. The van der Waals surface area contributed by atoms with Crippen LogP contribution in [0, 0.1) is 6.92 Å². The topological polar surface area (TPSA) is 25.2 Å². The molecule has 2 heterocycles. The summed E-state index contributed by atoms with van der Waals surface area (Å²) in [5.41, 5.74) is 7.55. The highest BCUT2D eigenvalue weighted by Crippen LogP contribution is 2.48. The molecule has 3 heteroatoms. The van der Waals surface area contributed by atoms with Gasteiger partial charge in [0.1, 0.15) is 0 Å². The van der Waals surface area contributed by atoms with Crippen LogP contribution in [0.1, 0.15) is 53.9 Å². The van der Waals surface area contributed by atoms with Gasteiger partial charge >= 0.3 is 0 Å². The minimum atomic E-state index is -0.317. The number of benzene rings is 3. The highest BCUT2D eigenvalue weighted by atomic mass is 16.2. The van der Waals surface area contributed by atoms with E-state index in [9.17, 15) is 4.79 Å². The summed E-state index contributed by atoms with van der Waals surface area (Å²) in [5.74, 6) is 0.107. The van der Waals surface area contributed by atoms with Gasteiger partial charge in [-0.05, 0) is 51.0 Å². The minimum absolute atomic E-state index is 0.107. The van der Waals surface area contributed by atoms with E-state index in [1.165, 1.54) is 33.3 Å². The molecule has 1 aliphatic heterocycles. The zero-order valence-corrected chi connectivity index (χ0v) is 18.8. The fraction of sp³-hybridized carbons (Fsp3) is 0.250. The van der Waals surface area contributed by atoms with Crippen LogP contribution in [-0.2, 0) is 7.05 Å². The van der Waals surface area contributed by atoms with Crippen molar-refractivity contribution in [1.82, 2.24) is 9.47 Å². The normalized spacial score (nSPS) is 16.2. The largest absolute Gasteiger partial charge is 0.343 e. The van der Waals surface area contributed by atoms with E-state index in [0.29, 0.717) is 0 Å². The van der Waals surface area contributed by atoms with Crippen LogP contribution in [0.15, 0.2) is 72.8 Å². The van der Waals surface area contributed by atoms with E-state index in [0.717, 1.165) is 11.1 Å². The highest BCUT2D eigenvalue weighted by molar-refractivity contribution is 6.02. The average Bonchev–Trinajstić information content (AvgIpc) is 3.20. The number of fused-ring (bicyclic) bond motifs is 2. The van der Waals surface area contributed by atoms with Gasteiger partial charge < -0.3 is 9.47 Å². The van der Waals surface area contributed by atoms with Crippen LogP contribution in [0.4, 0.5) is 0 Å². The number of nitrogens with zero attached hydrogens (tertiary/aromatic N) is 2. The molecule has 0 spiro atoms. The van der Waals surface area contributed by atoms with Gasteiger partial charge in [0.25, 0.3) is 5.91 Å². The maximum Gasteiger partial charge on any atom is 0.255 e. The maximum absolute atomic E-state index is 13.6. The molecular weight excluding hydrogens is 380 g/mol. The number of carbonyl (C=O) groups is 1. The summed E-state index contributed by atoms with van der Waals surface area (Å²) < 4.78 is 2.28. The van der Waals surface area contributed by atoms with Crippen molar-refractivity contribution >= 4 is 16.8 Å². The van der Waals surface area contributed by atoms with Crippen LogP contribution in [0.5, 0.6) is 0 Å². The van der Waals surface area contributed by atoms with Crippen LogP contribution in [0.25, 0.3) is 22.2 Å². The fourth-order valence-electron chi connectivity index (χ4n) is 5.05. The Morgan fingerprint density at radius 2 is 1.48 bits per heavy atom. The summed E-state index contributed by atoms with van der Waals surface area (Å²) in [5, 5.41) is 1.20. The number of amides is 1. The molecule has 1 aromatic heterocycles.